The second kappa shape index (κ2) is 5.75. The van der Waals surface area contributed by atoms with Crippen molar-refractivity contribution in [2.75, 3.05) is 6.54 Å². The molecule has 2 atom stereocenters. The van der Waals surface area contributed by atoms with Crippen molar-refractivity contribution in [2.24, 2.45) is 5.73 Å². The van der Waals surface area contributed by atoms with Gasteiger partial charge in [-0.3, -0.25) is 0 Å². The minimum atomic E-state index is -0.541. The van der Waals surface area contributed by atoms with Crippen molar-refractivity contribution in [1.82, 2.24) is 0 Å². The molecular formula is C17H17NOS. The highest BCUT2D eigenvalue weighted by atomic mass is 32.1. The third-order valence-corrected chi connectivity index (χ3v) is 4.61. The Kier molecular flexibility index (Phi) is 3.83. The van der Waals surface area contributed by atoms with Crippen molar-refractivity contribution in [3.63, 3.8) is 0 Å². The quantitative estimate of drug-likeness (QED) is 0.767. The first-order valence-corrected chi connectivity index (χ1v) is 7.58. The summed E-state index contributed by atoms with van der Waals surface area (Å²) >= 11 is 1.57. The van der Waals surface area contributed by atoms with E-state index < -0.39 is 6.10 Å². The zero-order valence-corrected chi connectivity index (χ0v) is 11.9. The smallest absolute Gasteiger partial charge is 0.0962 e. The summed E-state index contributed by atoms with van der Waals surface area (Å²) in [6.07, 6.45) is -0.541. The zero-order chi connectivity index (χ0) is 13.9. The molecule has 3 aromatic rings. The van der Waals surface area contributed by atoms with Crippen molar-refractivity contribution < 1.29 is 5.11 Å². The number of hydrogen-bond acceptors (Lipinski definition) is 3. The van der Waals surface area contributed by atoms with Gasteiger partial charge in [-0.05, 0) is 27.8 Å². The molecule has 3 rings (SSSR count). The highest BCUT2D eigenvalue weighted by molar-refractivity contribution is 7.10. The largest absolute Gasteiger partial charge is 0.387 e. The molecule has 0 radical (unpaired) electrons. The minimum absolute atomic E-state index is 0.0711. The van der Waals surface area contributed by atoms with E-state index in [-0.39, 0.29) is 5.92 Å². The Hall–Kier alpha value is -1.68. The molecule has 0 amide bonds. The number of rotatable bonds is 4. The van der Waals surface area contributed by atoms with E-state index in [0.29, 0.717) is 6.54 Å². The third kappa shape index (κ3) is 2.48. The Labute approximate surface area is 122 Å². The first-order valence-electron chi connectivity index (χ1n) is 6.70. The molecule has 2 nitrogen and oxygen atoms in total. The van der Waals surface area contributed by atoms with Gasteiger partial charge in [-0.1, -0.05) is 48.5 Å². The lowest BCUT2D eigenvalue weighted by Gasteiger charge is -2.21. The Bertz CT molecular complexity index is 693. The molecule has 0 saturated heterocycles. The first kappa shape index (κ1) is 13.3. The fraction of sp³-hybridized carbons (Fsp3) is 0.176. The molecule has 2 unspecified atom stereocenters. The maximum atomic E-state index is 10.5. The van der Waals surface area contributed by atoms with E-state index in [1.165, 1.54) is 10.8 Å². The van der Waals surface area contributed by atoms with Crippen LogP contribution in [0.5, 0.6) is 0 Å². The van der Waals surface area contributed by atoms with Crippen molar-refractivity contribution in [1.29, 1.82) is 0 Å². The Morgan fingerprint density at radius 3 is 2.50 bits per heavy atom. The number of thiophene rings is 1. The van der Waals surface area contributed by atoms with E-state index in [0.717, 1.165) is 10.4 Å². The van der Waals surface area contributed by atoms with Gasteiger partial charge in [0, 0.05) is 17.3 Å². The molecule has 3 heteroatoms. The molecule has 3 N–H and O–H groups in total. The van der Waals surface area contributed by atoms with Crippen LogP contribution in [-0.4, -0.2) is 11.7 Å². The van der Waals surface area contributed by atoms with Gasteiger partial charge in [-0.15, -0.1) is 11.3 Å². The standard InChI is InChI=1S/C17H17NOS/c18-11-15(17(19)16-6-3-9-20-16)14-8-7-12-4-1-2-5-13(12)10-14/h1-10,15,17,19H,11,18H2. The van der Waals surface area contributed by atoms with Crippen molar-refractivity contribution in [3.8, 4) is 0 Å². The van der Waals surface area contributed by atoms with Crippen LogP contribution in [0.3, 0.4) is 0 Å². The number of nitrogens with two attached hydrogens (primary N) is 1. The lowest BCUT2D eigenvalue weighted by molar-refractivity contribution is 0.151. The maximum Gasteiger partial charge on any atom is 0.0962 e. The molecule has 2 aromatic carbocycles. The van der Waals surface area contributed by atoms with Crippen LogP contribution >= 0.6 is 11.3 Å². The lowest BCUT2D eigenvalue weighted by Crippen LogP contribution is -2.19. The number of hydrogen-bond donors (Lipinski definition) is 2. The van der Waals surface area contributed by atoms with Crippen LogP contribution in [-0.2, 0) is 0 Å². The van der Waals surface area contributed by atoms with E-state index in [1.54, 1.807) is 11.3 Å². The average Bonchev–Trinajstić information content (AvgIpc) is 3.02. The van der Waals surface area contributed by atoms with Gasteiger partial charge in [0.25, 0.3) is 0 Å². The molecule has 1 heterocycles. The summed E-state index contributed by atoms with van der Waals surface area (Å²) < 4.78 is 0. The van der Waals surface area contributed by atoms with Gasteiger partial charge >= 0.3 is 0 Å². The average molecular weight is 283 g/mol. The monoisotopic (exact) mass is 283 g/mol. The zero-order valence-electron chi connectivity index (χ0n) is 11.1. The molecule has 0 fully saturated rings. The van der Waals surface area contributed by atoms with E-state index in [2.05, 4.69) is 30.3 Å². The van der Waals surface area contributed by atoms with Crippen LogP contribution in [0.25, 0.3) is 10.8 Å². The molecule has 0 saturated carbocycles. The molecule has 0 spiro atoms. The molecule has 102 valence electrons. The number of aliphatic hydroxyl groups is 1. The van der Waals surface area contributed by atoms with Gasteiger partial charge < -0.3 is 10.8 Å². The van der Waals surface area contributed by atoms with Crippen molar-refractivity contribution >= 4 is 22.1 Å². The second-order valence-corrected chi connectivity index (χ2v) is 5.89. The molecule has 0 aliphatic rings. The molecular weight excluding hydrogens is 266 g/mol. The van der Waals surface area contributed by atoms with Gasteiger partial charge in [0.05, 0.1) is 6.10 Å². The summed E-state index contributed by atoms with van der Waals surface area (Å²) in [5.41, 5.74) is 6.99. The lowest BCUT2D eigenvalue weighted by atomic mass is 9.91. The Morgan fingerprint density at radius 1 is 1.00 bits per heavy atom. The molecule has 20 heavy (non-hydrogen) atoms. The predicted octanol–water partition coefficient (Wildman–Crippen LogP) is 3.68. The highest BCUT2D eigenvalue weighted by Gasteiger charge is 2.22. The summed E-state index contributed by atoms with van der Waals surface area (Å²) in [7, 11) is 0. The molecule has 0 bridgehead atoms. The first-order chi connectivity index (χ1) is 9.79. The summed E-state index contributed by atoms with van der Waals surface area (Å²) in [4.78, 5) is 0.966. The number of aliphatic hydroxyl groups excluding tert-OH is 1. The van der Waals surface area contributed by atoms with Gasteiger partial charge in [0.2, 0.25) is 0 Å². The van der Waals surface area contributed by atoms with E-state index >= 15 is 0 Å². The fourth-order valence-corrected chi connectivity index (χ4v) is 3.32. The summed E-state index contributed by atoms with van der Waals surface area (Å²) in [5.74, 6) is -0.0711. The molecule has 1 aromatic heterocycles. The van der Waals surface area contributed by atoms with Crippen molar-refractivity contribution in [2.45, 2.75) is 12.0 Å². The number of fused-ring (bicyclic) bond motifs is 1. The predicted molar refractivity (Wildman–Crippen MR) is 85.0 cm³/mol. The van der Waals surface area contributed by atoms with Crippen LogP contribution < -0.4 is 5.73 Å². The van der Waals surface area contributed by atoms with Crippen LogP contribution in [0.15, 0.2) is 60.0 Å². The van der Waals surface area contributed by atoms with Gasteiger partial charge in [0.1, 0.15) is 0 Å². The van der Waals surface area contributed by atoms with Gasteiger partial charge in [-0.2, -0.15) is 0 Å². The highest BCUT2D eigenvalue weighted by Crippen LogP contribution is 2.33. The van der Waals surface area contributed by atoms with E-state index in [4.69, 9.17) is 5.73 Å². The normalized spacial score (nSPS) is 14.3. The Balaban J connectivity index is 1.98. The van der Waals surface area contributed by atoms with E-state index in [9.17, 15) is 5.11 Å². The summed E-state index contributed by atoms with van der Waals surface area (Å²) in [6.45, 7) is 0.428. The summed E-state index contributed by atoms with van der Waals surface area (Å²) in [5, 5.41) is 14.9. The molecule has 0 aliphatic carbocycles. The topological polar surface area (TPSA) is 46.2 Å². The molecule has 0 aliphatic heterocycles. The van der Waals surface area contributed by atoms with Crippen LogP contribution in [0.2, 0.25) is 0 Å². The maximum absolute atomic E-state index is 10.5. The number of benzene rings is 2. The van der Waals surface area contributed by atoms with Crippen LogP contribution in [0.1, 0.15) is 22.5 Å². The van der Waals surface area contributed by atoms with Gasteiger partial charge in [0.15, 0.2) is 0 Å². The fourth-order valence-electron chi connectivity index (χ4n) is 2.54. The van der Waals surface area contributed by atoms with E-state index in [1.807, 2.05) is 29.6 Å². The van der Waals surface area contributed by atoms with Gasteiger partial charge in [-0.25, -0.2) is 0 Å². The minimum Gasteiger partial charge on any atom is -0.387 e. The SMILES string of the molecule is NCC(c1ccc2ccccc2c1)C(O)c1cccs1. The van der Waals surface area contributed by atoms with Crippen LogP contribution in [0.4, 0.5) is 0 Å². The Morgan fingerprint density at radius 2 is 1.80 bits per heavy atom. The van der Waals surface area contributed by atoms with Crippen molar-refractivity contribution in [3.05, 3.63) is 70.4 Å². The third-order valence-electron chi connectivity index (χ3n) is 3.67. The summed E-state index contributed by atoms with van der Waals surface area (Å²) in [6, 6.07) is 18.4. The van der Waals surface area contributed by atoms with Crippen LogP contribution in [0, 0.1) is 0 Å². The second-order valence-electron chi connectivity index (χ2n) is 4.91.